The smallest absolute Gasteiger partial charge is 0.0136 e. The van der Waals surface area contributed by atoms with Crippen molar-refractivity contribution in [1.29, 1.82) is 0 Å². The third-order valence-corrected chi connectivity index (χ3v) is 4.23. The maximum atomic E-state index is 3.65. The standard InChI is InChI=1S/C13H21NS/c1-3-14-13(10(2)12-4-5-12)8-11-6-7-15-9-11/h6-7,9-10,12-14H,3-5,8H2,1-2H3. The number of nitrogens with one attached hydrogen (secondary N) is 1. The molecule has 1 aliphatic rings. The van der Waals surface area contributed by atoms with E-state index in [9.17, 15) is 0 Å². The van der Waals surface area contributed by atoms with Gasteiger partial charge in [0.25, 0.3) is 0 Å². The Balaban J connectivity index is 1.92. The second-order valence-corrected chi connectivity index (χ2v) is 5.48. The molecule has 2 heteroatoms. The Labute approximate surface area is 96.9 Å². The first-order chi connectivity index (χ1) is 7.31. The van der Waals surface area contributed by atoms with Crippen molar-refractivity contribution < 1.29 is 0 Å². The van der Waals surface area contributed by atoms with Gasteiger partial charge >= 0.3 is 0 Å². The highest BCUT2D eigenvalue weighted by Crippen LogP contribution is 2.38. The first-order valence-corrected chi connectivity index (χ1v) is 7.00. The van der Waals surface area contributed by atoms with E-state index >= 15 is 0 Å². The Morgan fingerprint density at radius 1 is 1.53 bits per heavy atom. The van der Waals surface area contributed by atoms with E-state index in [4.69, 9.17) is 0 Å². The minimum absolute atomic E-state index is 0.678. The molecule has 15 heavy (non-hydrogen) atoms. The predicted octanol–water partition coefficient (Wildman–Crippen LogP) is 3.31. The van der Waals surface area contributed by atoms with Gasteiger partial charge in [-0.3, -0.25) is 0 Å². The van der Waals surface area contributed by atoms with Gasteiger partial charge in [0.05, 0.1) is 0 Å². The Hall–Kier alpha value is -0.340. The van der Waals surface area contributed by atoms with E-state index in [-0.39, 0.29) is 0 Å². The van der Waals surface area contributed by atoms with Crippen molar-refractivity contribution in [3.63, 3.8) is 0 Å². The number of likely N-dealkylation sites (N-methyl/N-ethyl adjacent to an activating group) is 1. The van der Waals surface area contributed by atoms with Crippen molar-refractivity contribution in [3.05, 3.63) is 22.4 Å². The summed E-state index contributed by atoms with van der Waals surface area (Å²) in [6.07, 6.45) is 4.11. The third-order valence-electron chi connectivity index (χ3n) is 3.50. The second kappa shape index (κ2) is 5.13. The lowest BCUT2D eigenvalue weighted by Crippen LogP contribution is -2.37. The maximum absolute atomic E-state index is 3.65. The predicted molar refractivity (Wildman–Crippen MR) is 67.4 cm³/mol. The molecule has 0 spiro atoms. The van der Waals surface area contributed by atoms with Crippen LogP contribution in [0.1, 0.15) is 32.3 Å². The van der Waals surface area contributed by atoms with Gasteiger partial charge in [0, 0.05) is 6.04 Å². The van der Waals surface area contributed by atoms with Crippen LogP contribution in [0, 0.1) is 11.8 Å². The summed E-state index contributed by atoms with van der Waals surface area (Å²) in [4.78, 5) is 0. The molecule has 1 aliphatic carbocycles. The van der Waals surface area contributed by atoms with Crippen LogP contribution >= 0.6 is 11.3 Å². The lowest BCUT2D eigenvalue weighted by atomic mass is 9.92. The fraction of sp³-hybridized carbons (Fsp3) is 0.692. The Bertz CT molecular complexity index is 277. The Kier molecular flexibility index (Phi) is 3.81. The summed E-state index contributed by atoms with van der Waals surface area (Å²) >= 11 is 1.81. The molecule has 1 aromatic rings. The zero-order valence-corrected chi connectivity index (χ0v) is 10.5. The molecule has 2 unspecified atom stereocenters. The van der Waals surface area contributed by atoms with Crippen molar-refractivity contribution in [2.24, 2.45) is 11.8 Å². The molecule has 1 nitrogen and oxygen atoms in total. The van der Waals surface area contributed by atoms with Crippen LogP contribution in [0.25, 0.3) is 0 Å². The molecular formula is C13H21NS. The minimum atomic E-state index is 0.678. The van der Waals surface area contributed by atoms with Crippen molar-refractivity contribution in [2.45, 2.75) is 39.2 Å². The fourth-order valence-electron chi connectivity index (χ4n) is 2.32. The van der Waals surface area contributed by atoms with E-state index in [0.29, 0.717) is 6.04 Å². The van der Waals surface area contributed by atoms with Gasteiger partial charge < -0.3 is 5.32 Å². The van der Waals surface area contributed by atoms with Crippen LogP contribution in [0.4, 0.5) is 0 Å². The highest BCUT2D eigenvalue weighted by atomic mass is 32.1. The van der Waals surface area contributed by atoms with Crippen LogP contribution in [0.3, 0.4) is 0 Å². The average Bonchev–Trinajstić information content (AvgIpc) is 2.96. The molecule has 1 fully saturated rings. The van der Waals surface area contributed by atoms with E-state index in [1.807, 2.05) is 11.3 Å². The molecule has 1 aromatic heterocycles. The molecule has 1 heterocycles. The number of rotatable bonds is 6. The van der Waals surface area contributed by atoms with Crippen molar-refractivity contribution >= 4 is 11.3 Å². The Morgan fingerprint density at radius 2 is 2.33 bits per heavy atom. The number of thiophene rings is 1. The normalized spacial score (nSPS) is 20.1. The highest BCUT2D eigenvalue weighted by Gasteiger charge is 2.32. The van der Waals surface area contributed by atoms with Crippen molar-refractivity contribution in [1.82, 2.24) is 5.32 Å². The van der Waals surface area contributed by atoms with Gasteiger partial charge in [0.15, 0.2) is 0 Å². The maximum Gasteiger partial charge on any atom is 0.0136 e. The second-order valence-electron chi connectivity index (χ2n) is 4.70. The molecular weight excluding hydrogens is 202 g/mol. The first-order valence-electron chi connectivity index (χ1n) is 6.05. The van der Waals surface area contributed by atoms with Gasteiger partial charge in [-0.15, -0.1) is 0 Å². The van der Waals surface area contributed by atoms with E-state index in [0.717, 1.165) is 18.4 Å². The average molecular weight is 223 g/mol. The summed E-state index contributed by atoms with van der Waals surface area (Å²) in [6.45, 7) is 5.71. The van der Waals surface area contributed by atoms with Crippen molar-refractivity contribution in [3.8, 4) is 0 Å². The summed E-state index contributed by atoms with van der Waals surface area (Å²) in [5, 5.41) is 8.11. The zero-order valence-electron chi connectivity index (χ0n) is 9.70. The van der Waals surface area contributed by atoms with Gasteiger partial charge in [-0.25, -0.2) is 0 Å². The van der Waals surface area contributed by atoms with Crippen LogP contribution in [-0.4, -0.2) is 12.6 Å². The Morgan fingerprint density at radius 3 is 2.87 bits per heavy atom. The number of hydrogen-bond donors (Lipinski definition) is 1. The van der Waals surface area contributed by atoms with Crippen LogP contribution in [0.2, 0.25) is 0 Å². The van der Waals surface area contributed by atoms with Crippen LogP contribution in [0.15, 0.2) is 16.8 Å². The van der Waals surface area contributed by atoms with Crippen molar-refractivity contribution in [2.75, 3.05) is 6.54 Å². The molecule has 2 rings (SSSR count). The summed E-state index contributed by atoms with van der Waals surface area (Å²) in [5.74, 6) is 1.83. The van der Waals surface area contributed by atoms with Gasteiger partial charge in [-0.05, 0) is 60.0 Å². The monoisotopic (exact) mass is 223 g/mol. The third kappa shape index (κ3) is 3.05. The molecule has 0 radical (unpaired) electrons. The van der Waals surface area contributed by atoms with Gasteiger partial charge in [0.1, 0.15) is 0 Å². The lowest BCUT2D eigenvalue weighted by Gasteiger charge is -2.24. The van der Waals surface area contributed by atoms with E-state index in [1.54, 1.807) is 0 Å². The van der Waals surface area contributed by atoms with E-state index in [1.165, 1.54) is 24.8 Å². The summed E-state index contributed by atoms with van der Waals surface area (Å²) in [7, 11) is 0. The van der Waals surface area contributed by atoms with E-state index in [2.05, 4.69) is 36.0 Å². The molecule has 1 saturated carbocycles. The van der Waals surface area contributed by atoms with Gasteiger partial charge in [-0.2, -0.15) is 11.3 Å². The molecule has 0 aromatic carbocycles. The van der Waals surface area contributed by atoms with Gasteiger partial charge in [0.2, 0.25) is 0 Å². The van der Waals surface area contributed by atoms with E-state index < -0.39 is 0 Å². The van der Waals surface area contributed by atoms with Gasteiger partial charge in [-0.1, -0.05) is 13.8 Å². The summed E-state index contributed by atoms with van der Waals surface area (Å²) in [6, 6.07) is 2.94. The minimum Gasteiger partial charge on any atom is -0.314 e. The molecule has 84 valence electrons. The van der Waals surface area contributed by atoms with Crippen LogP contribution in [-0.2, 0) is 6.42 Å². The number of hydrogen-bond acceptors (Lipinski definition) is 2. The SMILES string of the molecule is CCNC(Cc1ccsc1)C(C)C1CC1. The molecule has 0 aliphatic heterocycles. The quantitative estimate of drug-likeness (QED) is 0.780. The topological polar surface area (TPSA) is 12.0 Å². The highest BCUT2D eigenvalue weighted by molar-refractivity contribution is 7.07. The largest absolute Gasteiger partial charge is 0.314 e. The summed E-state index contributed by atoms with van der Waals surface area (Å²) in [5.41, 5.74) is 1.50. The van der Waals surface area contributed by atoms with Crippen LogP contribution < -0.4 is 5.32 Å². The molecule has 0 bridgehead atoms. The lowest BCUT2D eigenvalue weighted by molar-refractivity contribution is 0.345. The molecule has 0 amide bonds. The molecule has 2 atom stereocenters. The summed E-state index contributed by atoms with van der Waals surface area (Å²) < 4.78 is 0. The zero-order chi connectivity index (χ0) is 10.7. The molecule has 0 saturated heterocycles. The fourth-order valence-corrected chi connectivity index (χ4v) is 3.00. The van der Waals surface area contributed by atoms with Crippen LogP contribution in [0.5, 0.6) is 0 Å². The molecule has 1 N–H and O–H groups in total. The first kappa shape index (κ1) is 11.2.